The molecule has 0 spiro atoms. The fourth-order valence-electron chi connectivity index (χ4n) is 5.22. The molecule has 3 atom stereocenters. The van der Waals surface area contributed by atoms with Gasteiger partial charge in [0.05, 0.1) is 30.9 Å². The number of sulfonamides is 1. The van der Waals surface area contributed by atoms with E-state index >= 15 is 0 Å². The van der Waals surface area contributed by atoms with Gasteiger partial charge in [-0.15, -0.1) is 0 Å². The van der Waals surface area contributed by atoms with Gasteiger partial charge < -0.3 is 24.6 Å². The first-order valence-corrected chi connectivity index (χ1v) is 17.5. The molecule has 4 rings (SSSR count). The van der Waals surface area contributed by atoms with Gasteiger partial charge in [0.1, 0.15) is 19.0 Å². The minimum Gasteiger partial charge on any atom is -0.462 e. The van der Waals surface area contributed by atoms with E-state index < -0.39 is 64.7 Å². The quantitative estimate of drug-likeness (QED) is 0.146. The molecule has 0 radical (unpaired) electrons. The Bertz CT molecular complexity index is 1910. The Morgan fingerprint density at radius 3 is 2.06 bits per heavy atom. The standard InChI is InChI=1S/C37H37FN2O9S/c1-25(41)48-23-37(45,24-49-26(2)42)21-20-28-6-10-30(11-7-28)35-33(18-19-34(43)29-12-14-31(38)15-13-29)36(44)40(35)32-16-8-27(9-17-32)5-4-22-39-50(3,46)47/h6-17,33-35,39,43,45H,18-19,22-24H2,1-3H3/t33-,34?,35-/m1/s1. The van der Waals surface area contributed by atoms with Crippen molar-refractivity contribution in [2.24, 2.45) is 5.92 Å². The number of nitrogens with one attached hydrogen (secondary N) is 1. The molecule has 0 aromatic heterocycles. The number of ether oxygens (including phenoxy) is 2. The summed E-state index contributed by atoms with van der Waals surface area (Å²) in [4.78, 5) is 37.9. The van der Waals surface area contributed by atoms with Crippen molar-refractivity contribution in [3.05, 3.63) is 101 Å². The fourth-order valence-corrected chi connectivity index (χ4v) is 5.55. The van der Waals surface area contributed by atoms with E-state index in [2.05, 4.69) is 28.4 Å². The highest BCUT2D eigenvalue weighted by molar-refractivity contribution is 7.88. The summed E-state index contributed by atoms with van der Waals surface area (Å²) < 4.78 is 48.1. The zero-order valence-electron chi connectivity index (χ0n) is 27.7. The van der Waals surface area contributed by atoms with Crippen molar-refractivity contribution in [3.63, 3.8) is 0 Å². The summed E-state index contributed by atoms with van der Waals surface area (Å²) in [6.45, 7) is 1.29. The van der Waals surface area contributed by atoms with Crippen LogP contribution >= 0.6 is 0 Å². The Morgan fingerprint density at radius 1 is 0.940 bits per heavy atom. The van der Waals surface area contributed by atoms with Crippen LogP contribution in [0.4, 0.5) is 10.1 Å². The first-order valence-electron chi connectivity index (χ1n) is 15.6. The summed E-state index contributed by atoms with van der Waals surface area (Å²) in [7, 11) is -3.37. The first-order chi connectivity index (χ1) is 23.6. The minimum atomic E-state index is -3.37. The number of carbonyl (C=O) groups excluding carboxylic acids is 3. The molecule has 11 nitrogen and oxygen atoms in total. The number of benzene rings is 3. The molecule has 1 amide bonds. The smallest absolute Gasteiger partial charge is 0.302 e. The van der Waals surface area contributed by atoms with Crippen molar-refractivity contribution in [1.82, 2.24) is 4.72 Å². The molecule has 50 heavy (non-hydrogen) atoms. The lowest BCUT2D eigenvalue weighted by molar-refractivity contribution is -0.154. The molecule has 0 aliphatic carbocycles. The number of nitrogens with zero attached hydrogens (tertiary/aromatic N) is 1. The van der Waals surface area contributed by atoms with E-state index in [0.29, 0.717) is 28.8 Å². The maximum atomic E-state index is 13.6. The highest BCUT2D eigenvalue weighted by Gasteiger charge is 2.48. The van der Waals surface area contributed by atoms with Gasteiger partial charge in [0.15, 0.2) is 5.60 Å². The third-order valence-electron chi connectivity index (χ3n) is 7.74. The molecule has 3 aromatic rings. The van der Waals surface area contributed by atoms with E-state index in [9.17, 15) is 37.4 Å². The number of aliphatic hydroxyl groups is 2. The molecule has 1 unspecified atom stereocenters. The zero-order chi connectivity index (χ0) is 36.5. The predicted octanol–water partition coefficient (Wildman–Crippen LogP) is 3.15. The van der Waals surface area contributed by atoms with Crippen LogP contribution < -0.4 is 9.62 Å². The highest BCUT2D eigenvalue weighted by atomic mass is 32.2. The van der Waals surface area contributed by atoms with E-state index in [0.717, 1.165) is 11.8 Å². The van der Waals surface area contributed by atoms with Gasteiger partial charge in [0, 0.05) is 30.7 Å². The molecule has 3 aromatic carbocycles. The third-order valence-corrected chi connectivity index (χ3v) is 8.41. The van der Waals surface area contributed by atoms with Crippen LogP contribution in [-0.2, 0) is 33.9 Å². The predicted molar refractivity (Wildman–Crippen MR) is 182 cm³/mol. The monoisotopic (exact) mass is 704 g/mol. The minimum absolute atomic E-state index is 0.0449. The highest BCUT2D eigenvalue weighted by Crippen LogP contribution is 2.46. The van der Waals surface area contributed by atoms with Crippen LogP contribution in [0.1, 0.15) is 61.1 Å². The van der Waals surface area contributed by atoms with E-state index in [1.165, 1.54) is 38.1 Å². The second-order valence-corrected chi connectivity index (χ2v) is 13.6. The number of rotatable bonds is 12. The number of anilines is 1. The average Bonchev–Trinajstić information content (AvgIpc) is 3.07. The number of hydrogen-bond acceptors (Lipinski definition) is 9. The summed E-state index contributed by atoms with van der Waals surface area (Å²) in [5, 5.41) is 21.6. The van der Waals surface area contributed by atoms with Crippen molar-refractivity contribution in [2.45, 2.75) is 44.4 Å². The lowest BCUT2D eigenvalue weighted by Gasteiger charge is -2.48. The molecule has 0 bridgehead atoms. The van der Waals surface area contributed by atoms with Gasteiger partial charge >= 0.3 is 11.9 Å². The van der Waals surface area contributed by atoms with E-state index in [-0.39, 0.29) is 18.9 Å². The SMILES string of the molecule is CC(=O)OCC(O)(C#Cc1ccc([C@@H]2[C@@H](CCC(O)c3ccc(F)cc3)C(=O)N2c2ccc(C#CCNS(C)(=O)=O)cc2)cc1)COC(C)=O. The number of esters is 2. The Labute approximate surface area is 290 Å². The molecule has 1 aliphatic heterocycles. The molecule has 0 saturated carbocycles. The molecular formula is C37H37FN2O9S. The second-order valence-electron chi connectivity index (χ2n) is 11.8. The van der Waals surface area contributed by atoms with E-state index in [1.807, 2.05) is 0 Å². The second kappa shape index (κ2) is 16.6. The number of hydrogen-bond donors (Lipinski definition) is 3. The number of β-lactam (4-membered cyclic amide) rings is 1. The van der Waals surface area contributed by atoms with Crippen LogP contribution in [-0.4, -0.2) is 68.1 Å². The maximum absolute atomic E-state index is 13.6. The van der Waals surface area contributed by atoms with Gasteiger partial charge in [0.2, 0.25) is 15.9 Å². The van der Waals surface area contributed by atoms with E-state index in [1.54, 1.807) is 53.4 Å². The number of carbonyl (C=O) groups is 3. The van der Waals surface area contributed by atoms with Gasteiger partial charge in [-0.25, -0.2) is 17.5 Å². The van der Waals surface area contributed by atoms with Crippen LogP contribution in [0.5, 0.6) is 0 Å². The lowest BCUT2D eigenvalue weighted by Crippen LogP contribution is -2.55. The van der Waals surface area contributed by atoms with Crippen LogP contribution in [0.3, 0.4) is 0 Å². The molecule has 1 fully saturated rings. The van der Waals surface area contributed by atoms with Gasteiger partial charge in [0.25, 0.3) is 0 Å². The number of amides is 1. The molecule has 262 valence electrons. The summed E-state index contributed by atoms with van der Waals surface area (Å²) in [5.41, 5.74) is 1.11. The molecule has 1 aliphatic rings. The molecule has 13 heteroatoms. The Morgan fingerprint density at radius 2 is 1.50 bits per heavy atom. The van der Waals surface area contributed by atoms with Crippen LogP contribution in [0.15, 0.2) is 72.8 Å². The summed E-state index contributed by atoms with van der Waals surface area (Å²) in [6, 6.07) is 19.1. The Kier molecular flexibility index (Phi) is 12.5. The van der Waals surface area contributed by atoms with Crippen LogP contribution in [0.2, 0.25) is 0 Å². The van der Waals surface area contributed by atoms with Crippen molar-refractivity contribution < 1.29 is 46.9 Å². The van der Waals surface area contributed by atoms with Gasteiger partial charge in [-0.2, -0.15) is 0 Å². The number of halogens is 1. The van der Waals surface area contributed by atoms with Gasteiger partial charge in [-0.05, 0) is 72.5 Å². The molecule has 3 N–H and O–H groups in total. The first kappa shape index (κ1) is 37.8. The van der Waals surface area contributed by atoms with Crippen molar-refractivity contribution in [3.8, 4) is 23.7 Å². The molecular weight excluding hydrogens is 667 g/mol. The maximum Gasteiger partial charge on any atom is 0.302 e. The van der Waals surface area contributed by atoms with Crippen LogP contribution in [0.25, 0.3) is 0 Å². The fraction of sp³-hybridized carbons (Fsp3) is 0.324. The van der Waals surface area contributed by atoms with E-state index in [4.69, 9.17) is 9.47 Å². The van der Waals surface area contributed by atoms with Gasteiger partial charge in [-0.3, -0.25) is 14.4 Å². The summed E-state index contributed by atoms with van der Waals surface area (Å²) in [6.07, 6.45) is 0.748. The summed E-state index contributed by atoms with van der Waals surface area (Å²) >= 11 is 0. The topological polar surface area (TPSA) is 160 Å². The summed E-state index contributed by atoms with van der Waals surface area (Å²) in [5.74, 6) is 8.74. The zero-order valence-corrected chi connectivity index (χ0v) is 28.5. The average molecular weight is 705 g/mol. The number of aliphatic hydroxyl groups excluding tert-OH is 1. The third kappa shape index (κ3) is 10.7. The molecule has 1 heterocycles. The van der Waals surface area contributed by atoms with Crippen molar-refractivity contribution in [2.75, 3.05) is 30.9 Å². The molecule has 1 saturated heterocycles. The largest absolute Gasteiger partial charge is 0.462 e. The lowest BCUT2D eigenvalue weighted by atomic mass is 9.78. The van der Waals surface area contributed by atoms with Gasteiger partial charge in [-0.1, -0.05) is 47.9 Å². The van der Waals surface area contributed by atoms with Crippen LogP contribution in [0, 0.1) is 35.4 Å². The normalized spacial score (nSPS) is 16.2. The Hall–Kier alpha value is -5.05. The Balaban J connectivity index is 1.57. The van der Waals surface area contributed by atoms with Crippen molar-refractivity contribution in [1.29, 1.82) is 0 Å². The van der Waals surface area contributed by atoms with Crippen molar-refractivity contribution >= 4 is 33.6 Å².